The van der Waals surface area contributed by atoms with Crippen LogP contribution in [0.4, 0.5) is 5.13 Å². The van der Waals surface area contributed by atoms with E-state index in [1.54, 1.807) is 0 Å². The van der Waals surface area contributed by atoms with Crippen LogP contribution in [0.3, 0.4) is 0 Å². The Bertz CT molecular complexity index is 911. The Hall–Kier alpha value is -2.93. The van der Waals surface area contributed by atoms with E-state index >= 15 is 0 Å². The minimum atomic E-state index is -0.248. The summed E-state index contributed by atoms with van der Waals surface area (Å²) >= 11 is 1.37. The topological polar surface area (TPSA) is 86.0 Å². The lowest BCUT2D eigenvalue weighted by Crippen LogP contribution is -2.19. The smallest absolute Gasteiger partial charge is 0.255 e. The van der Waals surface area contributed by atoms with Crippen LogP contribution in [0.5, 0.6) is 11.5 Å². The van der Waals surface area contributed by atoms with Crippen molar-refractivity contribution in [3.05, 3.63) is 48.0 Å². The third-order valence-corrected chi connectivity index (χ3v) is 4.56. The molecule has 0 saturated carbocycles. The molecule has 2 heterocycles. The number of hydrogen-bond acceptors (Lipinski definition) is 6. The zero-order valence-corrected chi connectivity index (χ0v) is 12.6. The highest BCUT2D eigenvalue weighted by Crippen LogP contribution is 2.34. The van der Waals surface area contributed by atoms with Crippen LogP contribution < -0.4 is 5.01 Å². The molecule has 0 fully saturated rings. The van der Waals surface area contributed by atoms with Crippen LogP contribution in [-0.2, 0) is 4.79 Å². The first-order valence-electron chi connectivity index (χ1n) is 6.91. The number of aromatic hydroxyl groups is 2. The van der Waals surface area contributed by atoms with Gasteiger partial charge in [0.15, 0.2) is 0 Å². The molecule has 114 valence electrons. The molecule has 0 radical (unpaired) electrons. The minimum Gasteiger partial charge on any atom is -0.507 e. The first kappa shape index (κ1) is 13.7. The van der Waals surface area contributed by atoms with Gasteiger partial charge in [0.25, 0.3) is 5.91 Å². The predicted octanol–water partition coefficient (Wildman–Crippen LogP) is 2.85. The van der Waals surface area contributed by atoms with Crippen LogP contribution in [-0.4, -0.2) is 26.8 Å². The summed E-state index contributed by atoms with van der Waals surface area (Å²) in [5, 5.41) is 25.8. The molecule has 2 aromatic carbocycles. The molecule has 1 aromatic heterocycles. The van der Waals surface area contributed by atoms with Crippen LogP contribution in [0, 0.1) is 0 Å². The fourth-order valence-electron chi connectivity index (χ4n) is 2.49. The van der Waals surface area contributed by atoms with E-state index in [4.69, 9.17) is 0 Å². The Morgan fingerprint density at radius 3 is 2.52 bits per heavy atom. The molecule has 23 heavy (non-hydrogen) atoms. The van der Waals surface area contributed by atoms with Gasteiger partial charge in [0.1, 0.15) is 11.5 Å². The molecule has 0 bridgehead atoms. The second kappa shape index (κ2) is 5.06. The van der Waals surface area contributed by atoms with E-state index < -0.39 is 0 Å². The molecule has 1 amide bonds. The predicted molar refractivity (Wildman–Crippen MR) is 88.0 cm³/mol. The average Bonchev–Trinajstić information content (AvgIpc) is 3.10. The number of phenolic OH excluding ortho intramolecular Hbond substituents is 2. The van der Waals surface area contributed by atoms with Crippen molar-refractivity contribution in [1.82, 2.24) is 4.98 Å². The Kier molecular flexibility index (Phi) is 3.02. The summed E-state index contributed by atoms with van der Waals surface area (Å²) in [5.74, 6) is -0.466. The quantitative estimate of drug-likeness (QED) is 0.758. The van der Waals surface area contributed by atoms with Gasteiger partial charge in [-0.3, -0.25) is 4.79 Å². The molecule has 0 atom stereocenters. The largest absolute Gasteiger partial charge is 0.507 e. The standard InChI is InChI=1S/C16H11N3O3S/c20-11-5-3-6-12(21)15(11)10-8-14(22)19(18-10)16-17-9-4-1-2-7-13(9)23-16/h1-7,20-21H,8H2. The first-order valence-corrected chi connectivity index (χ1v) is 7.72. The fraction of sp³-hybridized carbons (Fsp3) is 0.0625. The van der Waals surface area contributed by atoms with Gasteiger partial charge < -0.3 is 10.2 Å². The Morgan fingerprint density at radius 2 is 1.78 bits per heavy atom. The number of benzene rings is 2. The average molecular weight is 325 g/mol. The van der Waals surface area contributed by atoms with E-state index in [2.05, 4.69) is 10.1 Å². The van der Waals surface area contributed by atoms with E-state index in [1.165, 1.54) is 34.5 Å². The highest BCUT2D eigenvalue weighted by molar-refractivity contribution is 7.22. The van der Waals surface area contributed by atoms with Crippen LogP contribution in [0.15, 0.2) is 47.6 Å². The van der Waals surface area contributed by atoms with Crippen molar-refractivity contribution in [3.8, 4) is 11.5 Å². The monoisotopic (exact) mass is 325 g/mol. The van der Waals surface area contributed by atoms with Gasteiger partial charge in [0.2, 0.25) is 5.13 Å². The normalized spacial score (nSPS) is 14.5. The minimum absolute atomic E-state index is 0.00105. The molecule has 0 aliphatic carbocycles. The molecule has 0 spiro atoms. The maximum absolute atomic E-state index is 12.3. The van der Waals surface area contributed by atoms with E-state index in [1.807, 2.05) is 24.3 Å². The number of hydrazone groups is 1. The molecule has 6 nitrogen and oxygen atoms in total. The lowest BCUT2D eigenvalue weighted by Gasteiger charge is -2.06. The number of rotatable bonds is 2. The number of amides is 1. The van der Waals surface area contributed by atoms with Crippen molar-refractivity contribution >= 4 is 38.3 Å². The lowest BCUT2D eigenvalue weighted by molar-refractivity contribution is -0.116. The number of thiazole rings is 1. The summed E-state index contributed by atoms with van der Waals surface area (Å²) < 4.78 is 0.962. The summed E-state index contributed by atoms with van der Waals surface area (Å²) in [6.07, 6.45) is 0.00105. The molecule has 1 aliphatic heterocycles. The van der Waals surface area contributed by atoms with Crippen LogP contribution in [0.2, 0.25) is 0 Å². The van der Waals surface area contributed by atoms with Crippen molar-refractivity contribution in [2.75, 3.05) is 5.01 Å². The van der Waals surface area contributed by atoms with Gasteiger partial charge in [0.05, 0.1) is 27.9 Å². The number of carbonyl (C=O) groups is 1. The van der Waals surface area contributed by atoms with E-state index in [0.29, 0.717) is 10.8 Å². The summed E-state index contributed by atoms with van der Waals surface area (Å²) in [6.45, 7) is 0. The summed E-state index contributed by atoms with van der Waals surface area (Å²) in [6, 6.07) is 12.0. The van der Waals surface area contributed by atoms with Gasteiger partial charge in [0, 0.05) is 0 Å². The van der Waals surface area contributed by atoms with E-state index in [9.17, 15) is 15.0 Å². The van der Waals surface area contributed by atoms with Crippen molar-refractivity contribution in [3.63, 3.8) is 0 Å². The van der Waals surface area contributed by atoms with E-state index in [-0.39, 0.29) is 29.4 Å². The molecule has 2 N–H and O–H groups in total. The molecule has 3 aromatic rings. The second-order valence-corrected chi connectivity index (χ2v) is 6.07. The third kappa shape index (κ3) is 2.22. The summed E-state index contributed by atoms with van der Waals surface area (Å²) in [4.78, 5) is 16.7. The summed E-state index contributed by atoms with van der Waals surface area (Å²) in [7, 11) is 0. The molecular weight excluding hydrogens is 314 g/mol. The number of hydrogen-bond donors (Lipinski definition) is 2. The Labute approximate surface area is 134 Å². The molecule has 4 rings (SSSR count). The molecular formula is C16H11N3O3S. The number of anilines is 1. The third-order valence-electron chi connectivity index (χ3n) is 3.55. The number of carbonyl (C=O) groups excluding carboxylic acids is 1. The fourth-order valence-corrected chi connectivity index (χ4v) is 3.43. The lowest BCUT2D eigenvalue weighted by atomic mass is 10.1. The van der Waals surface area contributed by atoms with Crippen molar-refractivity contribution in [2.24, 2.45) is 5.10 Å². The highest BCUT2D eigenvalue weighted by atomic mass is 32.1. The van der Waals surface area contributed by atoms with Gasteiger partial charge in [-0.1, -0.05) is 29.5 Å². The van der Waals surface area contributed by atoms with Gasteiger partial charge in [-0.25, -0.2) is 4.98 Å². The van der Waals surface area contributed by atoms with Gasteiger partial charge >= 0.3 is 0 Å². The number of para-hydroxylation sites is 1. The number of nitrogens with zero attached hydrogens (tertiary/aromatic N) is 3. The summed E-state index contributed by atoms with van der Waals surface area (Å²) in [5.41, 5.74) is 1.31. The van der Waals surface area contributed by atoms with Gasteiger partial charge in [-0.2, -0.15) is 10.1 Å². The Balaban J connectivity index is 1.78. The van der Waals surface area contributed by atoms with E-state index in [0.717, 1.165) is 10.2 Å². The number of phenols is 2. The second-order valence-electron chi connectivity index (χ2n) is 5.06. The Morgan fingerprint density at radius 1 is 1.04 bits per heavy atom. The van der Waals surface area contributed by atoms with Crippen molar-refractivity contribution in [2.45, 2.75) is 6.42 Å². The molecule has 0 unspecified atom stereocenters. The van der Waals surface area contributed by atoms with Gasteiger partial charge in [-0.15, -0.1) is 0 Å². The van der Waals surface area contributed by atoms with Crippen molar-refractivity contribution < 1.29 is 15.0 Å². The highest BCUT2D eigenvalue weighted by Gasteiger charge is 2.30. The maximum atomic E-state index is 12.3. The molecule has 7 heteroatoms. The SMILES string of the molecule is O=C1CC(c2c(O)cccc2O)=NN1c1nc2ccccc2s1. The van der Waals surface area contributed by atoms with Gasteiger partial charge in [-0.05, 0) is 24.3 Å². The zero-order chi connectivity index (χ0) is 16.0. The van der Waals surface area contributed by atoms with Crippen molar-refractivity contribution in [1.29, 1.82) is 0 Å². The first-order chi connectivity index (χ1) is 11.1. The molecule has 1 aliphatic rings. The number of aromatic nitrogens is 1. The zero-order valence-electron chi connectivity index (χ0n) is 11.8. The maximum Gasteiger partial charge on any atom is 0.255 e. The van der Waals surface area contributed by atoms with Crippen LogP contribution in [0.1, 0.15) is 12.0 Å². The number of fused-ring (bicyclic) bond motifs is 1. The van der Waals surface area contributed by atoms with Crippen LogP contribution >= 0.6 is 11.3 Å². The van der Waals surface area contributed by atoms with Crippen LogP contribution in [0.25, 0.3) is 10.2 Å². The molecule has 0 saturated heterocycles.